The minimum atomic E-state index is -1.07. The van der Waals surface area contributed by atoms with Gasteiger partial charge in [0, 0.05) is 5.54 Å². The zero-order valence-corrected chi connectivity index (χ0v) is 8.36. The molecule has 2 N–H and O–H groups in total. The van der Waals surface area contributed by atoms with E-state index in [-0.39, 0.29) is 11.5 Å². The van der Waals surface area contributed by atoms with Crippen LogP contribution in [0.4, 0.5) is 4.39 Å². The highest BCUT2D eigenvalue weighted by Crippen LogP contribution is 2.42. The average Bonchev–Trinajstić information content (AvgIpc) is 2.62. The molecule has 72 valence electrons. The summed E-state index contributed by atoms with van der Waals surface area (Å²) >= 11 is 0. The zero-order valence-electron chi connectivity index (χ0n) is 8.36. The highest BCUT2D eigenvalue weighted by molar-refractivity contribution is 5.01. The van der Waals surface area contributed by atoms with Crippen molar-refractivity contribution in [2.45, 2.75) is 57.7 Å². The minimum absolute atomic E-state index is 0.00988. The third-order valence-electron chi connectivity index (χ3n) is 3.01. The SMILES string of the molecule is CCC(CC1(N)CC1)C(C)(C)F. The lowest BCUT2D eigenvalue weighted by molar-refractivity contribution is 0.106. The van der Waals surface area contributed by atoms with E-state index >= 15 is 0 Å². The Balaban J connectivity index is 2.46. The van der Waals surface area contributed by atoms with Crippen LogP contribution < -0.4 is 5.73 Å². The van der Waals surface area contributed by atoms with E-state index in [1.807, 2.05) is 6.92 Å². The molecule has 0 aromatic heterocycles. The van der Waals surface area contributed by atoms with E-state index in [9.17, 15) is 4.39 Å². The van der Waals surface area contributed by atoms with Crippen molar-refractivity contribution in [1.29, 1.82) is 0 Å². The van der Waals surface area contributed by atoms with Crippen molar-refractivity contribution in [1.82, 2.24) is 0 Å². The Hall–Kier alpha value is -0.110. The van der Waals surface area contributed by atoms with Crippen molar-refractivity contribution in [3.8, 4) is 0 Å². The smallest absolute Gasteiger partial charge is 0.108 e. The first kappa shape index (κ1) is 9.97. The molecule has 12 heavy (non-hydrogen) atoms. The molecule has 1 aliphatic carbocycles. The van der Waals surface area contributed by atoms with Gasteiger partial charge in [-0.25, -0.2) is 4.39 Å². The summed E-state index contributed by atoms with van der Waals surface area (Å²) in [6, 6.07) is 0. The third-order valence-corrected chi connectivity index (χ3v) is 3.01. The van der Waals surface area contributed by atoms with Gasteiger partial charge in [-0.1, -0.05) is 13.3 Å². The Labute approximate surface area is 74.5 Å². The zero-order chi connectivity index (χ0) is 9.41. The van der Waals surface area contributed by atoms with Crippen molar-refractivity contribution < 1.29 is 4.39 Å². The summed E-state index contributed by atoms with van der Waals surface area (Å²) < 4.78 is 13.6. The van der Waals surface area contributed by atoms with Crippen LogP contribution in [0.1, 0.15) is 46.5 Å². The van der Waals surface area contributed by atoms with Gasteiger partial charge in [0.15, 0.2) is 0 Å². The fourth-order valence-corrected chi connectivity index (χ4v) is 1.73. The molecule has 0 spiro atoms. The molecule has 1 nitrogen and oxygen atoms in total. The molecule has 0 bridgehead atoms. The Morgan fingerprint density at radius 1 is 1.50 bits per heavy atom. The Kier molecular flexibility index (Phi) is 2.48. The van der Waals surface area contributed by atoms with Crippen LogP contribution in [0.2, 0.25) is 0 Å². The molecule has 0 radical (unpaired) electrons. The lowest BCUT2D eigenvalue weighted by atomic mass is 9.84. The molecule has 2 heteroatoms. The summed E-state index contributed by atoms with van der Waals surface area (Å²) in [5.74, 6) is 0.130. The monoisotopic (exact) mass is 173 g/mol. The predicted octanol–water partition coefficient (Wildman–Crippen LogP) is 2.64. The largest absolute Gasteiger partial charge is 0.325 e. The number of rotatable bonds is 4. The van der Waals surface area contributed by atoms with Crippen LogP contribution in [0.5, 0.6) is 0 Å². The maximum Gasteiger partial charge on any atom is 0.108 e. The number of hydrogen-bond donors (Lipinski definition) is 1. The maximum absolute atomic E-state index is 13.6. The second-order valence-electron chi connectivity index (χ2n) is 4.74. The second-order valence-corrected chi connectivity index (χ2v) is 4.74. The van der Waals surface area contributed by atoms with Gasteiger partial charge < -0.3 is 5.73 Å². The van der Waals surface area contributed by atoms with Crippen LogP contribution in [0.25, 0.3) is 0 Å². The Morgan fingerprint density at radius 3 is 2.25 bits per heavy atom. The van der Waals surface area contributed by atoms with Gasteiger partial charge in [-0.2, -0.15) is 0 Å². The number of alkyl halides is 1. The first-order chi connectivity index (χ1) is 5.37. The normalized spacial score (nSPS) is 23.8. The Bertz CT molecular complexity index is 156. The van der Waals surface area contributed by atoms with E-state index in [4.69, 9.17) is 5.73 Å². The summed E-state index contributed by atoms with van der Waals surface area (Å²) in [5.41, 5.74) is 4.88. The van der Waals surface area contributed by atoms with Crippen LogP contribution >= 0.6 is 0 Å². The first-order valence-corrected chi connectivity index (χ1v) is 4.85. The highest BCUT2D eigenvalue weighted by Gasteiger charge is 2.43. The molecule has 0 amide bonds. The van der Waals surface area contributed by atoms with Gasteiger partial charge in [-0.15, -0.1) is 0 Å². The lowest BCUT2D eigenvalue weighted by Crippen LogP contribution is -2.34. The van der Waals surface area contributed by atoms with Gasteiger partial charge in [-0.05, 0) is 39.0 Å². The van der Waals surface area contributed by atoms with Crippen LogP contribution in [0.3, 0.4) is 0 Å². The molecule has 0 saturated heterocycles. The fourth-order valence-electron chi connectivity index (χ4n) is 1.73. The van der Waals surface area contributed by atoms with Gasteiger partial charge in [0.1, 0.15) is 5.67 Å². The van der Waals surface area contributed by atoms with Gasteiger partial charge in [-0.3, -0.25) is 0 Å². The highest BCUT2D eigenvalue weighted by atomic mass is 19.1. The van der Waals surface area contributed by atoms with Crippen molar-refractivity contribution >= 4 is 0 Å². The quantitative estimate of drug-likeness (QED) is 0.695. The molecule has 1 aliphatic rings. The molecule has 0 aromatic rings. The van der Waals surface area contributed by atoms with E-state index in [1.165, 1.54) is 0 Å². The van der Waals surface area contributed by atoms with Crippen molar-refractivity contribution in [2.75, 3.05) is 0 Å². The second kappa shape index (κ2) is 2.99. The molecule has 1 rings (SSSR count). The van der Waals surface area contributed by atoms with Crippen LogP contribution in [0.15, 0.2) is 0 Å². The van der Waals surface area contributed by atoms with E-state index in [0.29, 0.717) is 0 Å². The average molecular weight is 173 g/mol. The summed E-state index contributed by atoms with van der Waals surface area (Å²) in [4.78, 5) is 0. The molecule has 0 aliphatic heterocycles. The van der Waals surface area contributed by atoms with E-state index < -0.39 is 5.67 Å². The molecule has 0 heterocycles. The van der Waals surface area contributed by atoms with Crippen molar-refractivity contribution in [3.05, 3.63) is 0 Å². The molecule has 1 unspecified atom stereocenters. The van der Waals surface area contributed by atoms with Gasteiger partial charge in [0.2, 0.25) is 0 Å². The van der Waals surface area contributed by atoms with E-state index in [1.54, 1.807) is 13.8 Å². The number of nitrogens with two attached hydrogens (primary N) is 1. The summed E-state index contributed by atoms with van der Waals surface area (Å²) in [7, 11) is 0. The number of halogens is 1. The summed E-state index contributed by atoms with van der Waals surface area (Å²) in [6.45, 7) is 5.36. The van der Waals surface area contributed by atoms with Crippen LogP contribution in [-0.4, -0.2) is 11.2 Å². The van der Waals surface area contributed by atoms with Gasteiger partial charge in [0.05, 0.1) is 0 Å². The van der Waals surface area contributed by atoms with E-state index in [0.717, 1.165) is 25.7 Å². The molecular weight excluding hydrogens is 153 g/mol. The van der Waals surface area contributed by atoms with Crippen LogP contribution in [0, 0.1) is 5.92 Å². The number of hydrogen-bond acceptors (Lipinski definition) is 1. The van der Waals surface area contributed by atoms with Crippen molar-refractivity contribution in [2.24, 2.45) is 11.7 Å². The van der Waals surface area contributed by atoms with Gasteiger partial charge in [0.25, 0.3) is 0 Å². The standard InChI is InChI=1S/C10H20FN/c1-4-8(9(2,3)11)7-10(12)5-6-10/h8H,4-7,12H2,1-3H3. The predicted molar refractivity (Wildman–Crippen MR) is 49.7 cm³/mol. The van der Waals surface area contributed by atoms with E-state index in [2.05, 4.69) is 0 Å². The van der Waals surface area contributed by atoms with Gasteiger partial charge >= 0.3 is 0 Å². The molecule has 1 saturated carbocycles. The summed E-state index contributed by atoms with van der Waals surface area (Å²) in [6.07, 6.45) is 3.91. The molecular formula is C10H20FN. The molecule has 1 fully saturated rings. The third kappa shape index (κ3) is 2.44. The summed E-state index contributed by atoms with van der Waals surface area (Å²) in [5, 5.41) is 0. The Morgan fingerprint density at radius 2 is 2.00 bits per heavy atom. The maximum atomic E-state index is 13.6. The van der Waals surface area contributed by atoms with Crippen molar-refractivity contribution in [3.63, 3.8) is 0 Å². The van der Waals surface area contributed by atoms with Crippen LogP contribution in [-0.2, 0) is 0 Å². The topological polar surface area (TPSA) is 26.0 Å². The molecule has 1 atom stereocenters. The fraction of sp³-hybridized carbons (Fsp3) is 1.00. The molecule has 0 aromatic carbocycles. The minimum Gasteiger partial charge on any atom is -0.325 e. The first-order valence-electron chi connectivity index (χ1n) is 4.85. The lowest BCUT2D eigenvalue weighted by Gasteiger charge is -2.28.